The molecule has 21 heavy (non-hydrogen) atoms. The highest BCUT2D eigenvalue weighted by Gasteiger charge is 2.27. The summed E-state index contributed by atoms with van der Waals surface area (Å²) in [5.74, 6) is 2.12. The fourth-order valence-electron chi connectivity index (χ4n) is 3.49. The molecule has 3 heterocycles. The summed E-state index contributed by atoms with van der Waals surface area (Å²) in [4.78, 5) is 14.5. The zero-order valence-electron chi connectivity index (χ0n) is 13.5. The third kappa shape index (κ3) is 3.04. The van der Waals surface area contributed by atoms with Crippen molar-refractivity contribution in [2.24, 2.45) is 0 Å². The number of nitrogens with one attached hydrogen (secondary N) is 1. The van der Waals surface area contributed by atoms with Gasteiger partial charge in [0, 0.05) is 44.2 Å². The van der Waals surface area contributed by atoms with Crippen molar-refractivity contribution in [1.82, 2.24) is 20.2 Å². The smallest absolute Gasteiger partial charge is 0.135 e. The SMILES string of the molecule is CCC1CN(c2nc(C)nc3c2CCNCC3)CCN1C. The third-order valence-corrected chi connectivity index (χ3v) is 4.82. The van der Waals surface area contributed by atoms with Crippen molar-refractivity contribution in [2.75, 3.05) is 44.7 Å². The van der Waals surface area contributed by atoms with Gasteiger partial charge in [-0.25, -0.2) is 9.97 Å². The molecule has 1 saturated heterocycles. The maximum atomic E-state index is 4.81. The summed E-state index contributed by atoms with van der Waals surface area (Å²) < 4.78 is 0. The number of rotatable bonds is 2. The Kier molecular flexibility index (Phi) is 4.40. The zero-order valence-corrected chi connectivity index (χ0v) is 13.5. The number of likely N-dealkylation sites (N-methyl/N-ethyl adjacent to an activating group) is 1. The van der Waals surface area contributed by atoms with Crippen LogP contribution >= 0.6 is 0 Å². The number of fused-ring (bicyclic) bond motifs is 1. The van der Waals surface area contributed by atoms with E-state index in [1.807, 2.05) is 6.92 Å². The number of nitrogens with zero attached hydrogens (tertiary/aromatic N) is 4. The van der Waals surface area contributed by atoms with Crippen molar-refractivity contribution < 1.29 is 0 Å². The van der Waals surface area contributed by atoms with Crippen LogP contribution in [0.1, 0.15) is 30.4 Å². The molecule has 1 aromatic rings. The van der Waals surface area contributed by atoms with Crippen LogP contribution in [-0.2, 0) is 12.8 Å². The molecule has 0 saturated carbocycles. The molecule has 1 unspecified atom stereocenters. The maximum absolute atomic E-state index is 4.81. The van der Waals surface area contributed by atoms with Gasteiger partial charge in [-0.05, 0) is 33.4 Å². The molecule has 2 aliphatic rings. The van der Waals surface area contributed by atoms with Crippen LogP contribution in [0.3, 0.4) is 0 Å². The predicted molar refractivity (Wildman–Crippen MR) is 86.0 cm³/mol. The lowest BCUT2D eigenvalue weighted by molar-refractivity contribution is 0.212. The molecule has 116 valence electrons. The number of hydrogen-bond acceptors (Lipinski definition) is 5. The van der Waals surface area contributed by atoms with Crippen molar-refractivity contribution in [1.29, 1.82) is 0 Å². The molecule has 1 aromatic heterocycles. The summed E-state index contributed by atoms with van der Waals surface area (Å²) in [6, 6.07) is 0.633. The minimum Gasteiger partial charge on any atom is -0.353 e. The van der Waals surface area contributed by atoms with Crippen LogP contribution in [0.2, 0.25) is 0 Å². The number of aromatic nitrogens is 2. The Bertz CT molecular complexity index is 502. The van der Waals surface area contributed by atoms with Crippen LogP contribution in [0.15, 0.2) is 0 Å². The molecule has 0 aromatic carbocycles. The van der Waals surface area contributed by atoms with E-state index in [2.05, 4.69) is 29.1 Å². The molecule has 0 aliphatic carbocycles. The standard InChI is InChI=1S/C16H27N5/c1-4-13-11-21(10-9-20(13)3)16-14-5-7-17-8-6-15(14)18-12(2)19-16/h13,17H,4-11H2,1-3H3. The van der Waals surface area contributed by atoms with Gasteiger partial charge >= 0.3 is 0 Å². The Balaban J connectivity index is 1.92. The van der Waals surface area contributed by atoms with E-state index in [0.717, 1.165) is 51.4 Å². The minimum absolute atomic E-state index is 0.633. The van der Waals surface area contributed by atoms with Crippen LogP contribution in [0.4, 0.5) is 5.82 Å². The fourth-order valence-corrected chi connectivity index (χ4v) is 3.49. The highest BCUT2D eigenvalue weighted by Crippen LogP contribution is 2.25. The molecule has 1 N–H and O–H groups in total. The fraction of sp³-hybridized carbons (Fsp3) is 0.750. The first-order valence-electron chi connectivity index (χ1n) is 8.21. The van der Waals surface area contributed by atoms with E-state index in [1.165, 1.54) is 23.5 Å². The predicted octanol–water partition coefficient (Wildman–Crippen LogP) is 1.00. The van der Waals surface area contributed by atoms with Crippen LogP contribution < -0.4 is 10.2 Å². The average Bonchev–Trinajstić information content (AvgIpc) is 2.72. The van der Waals surface area contributed by atoms with Crippen molar-refractivity contribution >= 4 is 5.82 Å². The van der Waals surface area contributed by atoms with Gasteiger partial charge in [0.1, 0.15) is 11.6 Å². The molecular weight excluding hydrogens is 262 g/mol. The number of piperazine rings is 1. The summed E-state index contributed by atoms with van der Waals surface area (Å²) in [7, 11) is 2.24. The van der Waals surface area contributed by atoms with Crippen molar-refractivity contribution in [3.8, 4) is 0 Å². The molecule has 1 fully saturated rings. The van der Waals surface area contributed by atoms with Gasteiger partial charge in [-0.15, -0.1) is 0 Å². The first-order chi connectivity index (χ1) is 10.2. The van der Waals surface area contributed by atoms with Gasteiger partial charge in [0.25, 0.3) is 0 Å². The summed E-state index contributed by atoms with van der Waals surface area (Å²) in [5, 5.41) is 3.48. The van der Waals surface area contributed by atoms with E-state index < -0.39 is 0 Å². The van der Waals surface area contributed by atoms with Crippen LogP contribution in [0.25, 0.3) is 0 Å². The topological polar surface area (TPSA) is 44.3 Å². The Morgan fingerprint density at radius 2 is 2.00 bits per heavy atom. The first-order valence-corrected chi connectivity index (χ1v) is 8.21. The second-order valence-corrected chi connectivity index (χ2v) is 6.26. The minimum atomic E-state index is 0.633. The zero-order chi connectivity index (χ0) is 14.8. The first kappa shape index (κ1) is 14.7. The van der Waals surface area contributed by atoms with Gasteiger partial charge in [-0.1, -0.05) is 6.92 Å². The number of anilines is 1. The van der Waals surface area contributed by atoms with Crippen LogP contribution in [0.5, 0.6) is 0 Å². The normalized spacial score (nSPS) is 23.8. The molecule has 0 radical (unpaired) electrons. The molecule has 0 spiro atoms. The summed E-state index contributed by atoms with van der Waals surface area (Å²) >= 11 is 0. The van der Waals surface area contributed by atoms with Gasteiger partial charge in [0.15, 0.2) is 0 Å². The van der Waals surface area contributed by atoms with E-state index >= 15 is 0 Å². The van der Waals surface area contributed by atoms with E-state index in [-0.39, 0.29) is 0 Å². The van der Waals surface area contributed by atoms with Gasteiger partial charge in [0.05, 0.1) is 5.69 Å². The average molecular weight is 289 g/mol. The molecule has 3 rings (SSSR count). The van der Waals surface area contributed by atoms with Gasteiger partial charge in [-0.2, -0.15) is 0 Å². The summed E-state index contributed by atoms with van der Waals surface area (Å²) in [6.07, 6.45) is 3.27. The lowest BCUT2D eigenvalue weighted by atomic mass is 10.1. The van der Waals surface area contributed by atoms with E-state index in [4.69, 9.17) is 9.97 Å². The number of hydrogen-bond donors (Lipinski definition) is 1. The Hall–Kier alpha value is -1.20. The van der Waals surface area contributed by atoms with E-state index in [0.29, 0.717) is 6.04 Å². The second-order valence-electron chi connectivity index (χ2n) is 6.26. The third-order valence-electron chi connectivity index (χ3n) is 4.82. The van der Waals surface area contributed by atoms with Crippen molar-refractivity contribution in [2.45, 2.75) is 39.2 Å². The van der Waals surface area contributed by atoms with Gasteiger partial charge in [0.2, 0.25) is 0 Å². The van der Waals surface area contributed by atoms with Gasteiger partial charge in [-0.3, -0.25) is 4.90 Å². The van der Waals surface area contributed by atoms with E-state index in [9.17, 15) is 0 Å². The van der Waals surface area contributed by atoms with E-state index in [1.54, 1.807) is 0 Å². The molecule has 0 bridgehead atoms. The van der Waals surface area contributed by atoms with Crippen LogP contribution in [0, 0.1) is 6.92 Å². The Morgan fingerprint density at radius 3 is 2.81 bits per heavy atom. The summed E-state index contributed by atoms with van der Waals surface area (Å²) in [5.41, 5.74) is 2.64. The molecule has 5 nitrogen and oxygen atoms in total. The maximum Gasteiger partial charge on any atom is 0.135 e. The molecule has 2 aliphatic heterocycles. The lowest BCUT2D eigenvalue weighted by Gasteiger charge is -2.40. The summed E-state index contributed by atoms with van der Waals surface area (Å²) in [6.45, 7) is 9.65. The molecule has 5 heteroatoms. The number of aryl methyl sites for hydroxylation is 1. The molecular formula is C16H27N5. The molecule has 1 atom stereocenters. The Labute approximate surface area is 127 Å². The monoisotopic (exact) mass is 289 g/mol. The van der Waals surface area contributed by atoms with Crippen molar-refractivity contribution in [3.63, 3.8) is 0 Å². The highest BCUT2D eigenvalue weighted by molar-refractivity contribution is 5.50. The van der Waals surface area contributed by atoms with Crippen molar-refractivity contribution in [3.05, 3.63) is 17.1 Å². The second kappa shape index (κ2) is 6.28. The highest BCUT2D eigenvalue weighted by atomic mass is 15.3. The molecule has 0 amide bonds. The van der Waals surface area contributed by atoms with Gasteiger partial charge < -0.3 is 10.2 Å². The van der Waals surface area contributed by atoms with Crippen LogP contribution in [-0.4, -0.2) is 60.7 Å². The largest absolute Gasteiger partial charge is 0.353 e. The Morgan fingerprint density at radius 1 is 1.19 bits per heavy atom. The quantitative estimate of drug-likeness (QED) is 0.880. The lowest BCUT2D eigenvalue weighted by Crippen LogP contribution is -2.51.